The zero-order chi connectivity index (χ0) is 15.0. The van der Waals surface area contributed by atoms with Gasteiger partial charge in [-0.3, -0.25) is 4.40 Å². The van der Waals surface area contributed by atoms with Gasteiger partial charge in [-0.1, -0.05) is 19.3 Å². The van der Waals surface area contributed by atoms with E-state index in [1.165, 1.54) is 34.9 Å². The predicted molar refractivity (Wildman–Crippen MR) is 83.9 cm³/mol. The van der Waals surface area contributed by atoms with E-state index in [1.54, 1.807) is 17.6 Å². The lowest BCUT2D eigenvalue weighted by atomic mass is 9.89. The zero-order valence-electron chi connectivity index (χ0n) is 12.0. The Labute approximate surface area is 128 Å². The second-order valence-electron chi connectivity index (χ2n) is 5.65. The van der Waals surface area contributed by atoms with Crippen molar-refractivity contribution in [2.24, 2.45) is 5.92 Å². The minimum Gasteiger partial charge on any atom is -0.381 e. The van der Waals surface area contributed by atoms with Gasteiger partial charge < -0.3 is 5.73 Å². The fourth-order valence-corrected chi connectivity index (χ4v) is 5.20. The van der Waals surface area contributed by atoms with Crippen molar-refractivity contribution in [2.45, 2.75) is 37.1 Å². The quantitative estimate of drug-likeness (QED) is 0.933. The lowest BCUT2D eigenvalue weighted by Gasteiger charge is -2.26. The highest BCUT2D eigenvalue weighted by atomic mass is 32.2. The number of nitrogens with zero attached hydrogens (tertiary/aromatic N) is 3. The van der Waals surface area contributed by atoms with Crippen LogP contribution < -0.4 is 5.73 Å². The second-order valence-corrected chi connectivity index (χ2v) is 8.48. The molecule has 3 rings (SSSR count). The second kappa shape index (κ2) is 5.58. The van der Waals surface area contributed by atoms with Crippen LogP contribution in [-0.2, 0) is 10.0 Å². The van der Waals surface area contributed by atoms with Gasteiger partial charge in [0.1, 0.15) is 0 Å². The van der Waals surface area contributed by atoms with Gasteiger partial charge in [0, 0.05) is 25.2 Å². The first-order valence-electron chi connectivity index (χ1n) is 7.17. The number of hydrogen-bond acceptors (Lipinski definition) is 5. The summed E-state index contributed by atoms with van der Waals surface area (Å²) >= 11 is 1.37. The smallest absolute Gasteiger partial charge is 0.262 e. The molecule has 1 aliphatic rings. The molecule has 2 aromatic rings. The first kappa shape index (κ1) is 14.8. The number of rotatable bonds is 4. The van der Waals surface area contributed by atoms with Crippen LogP contribution in [0.1, 0.15) is 32.1 Å². The molecule has 1 fully saturated rings. The van der Waals surface area contributed by atoms with Gasteiger partial charge >= 0.3 is 0 Å². The highest BCUT2D eigenvalue weighted by molar-refractivity contribution is 7.89. The molecule has 0 bridgehead atoms. The molecule has 2 heterocycles. The van der Waals surface area contributed by atoms with Crippen molar-refractivity contribution in [1.82, 2.24) is 13.7 Å². The minimum absolute atomic E-state index is 0.0809. The maximum Gasteiger partial charge on any atom is 0.262 e. The van der Waals surface area contributed by atoms with Crippen LogP contribution in [0.5, 0.6) is 0 Å². The number of nitrogen functional groups attached to an aromatic ring is 1. The number of thiazole rings is 1. The third-order valence-corrected chi connectivity index (χ3v) is 6.76. The Hall–Kier alpha value is -1.12. The summed E-state index contributed by atoms with van der Waals surface area (Å²) in [5, 5.41) is 1.90. The summed E-state index contributed by atoms with van der Waals surface area (Å²) in [7, 11) is -1.97. The first-order valence-corrected chi connectivity index (χ1v) is 9.49. The molecule has 0 unspecified atom stereocenters. The Morgan fingerprint density at radius 3 is 2.86 bits per heavy atom. The summed E-state index contributed by atoms with van der Waals surface area (Å²) in [4.78, 5) is 4.73. The number of fused-ring (bicyclic) bond motifs is 1. The monoisotopic (exact) mass is 328 g/mol. The van der Waals surface area contributed by atoms with E-state index in [4.69, 9.17) is 5.73 Å². The third-order valence-electron chi connectivity index (χ3n) is 4.14. The Balaban J connectivity index is 1.88. The van der Waals surface area contributed by atoms with E-state index in [1.807, 2.05) is 5.38 Å². The highest BCUT2D eigenvalue weighted by Gasteiger charge is 2.30. The maximum absolute atomic E-state index is 12.8. The van der Waals surface area contributed by atoms with E-state index in [2.05, 4.69) is 4.98 Å². The Kier molecular flexibility index (Phi) is 3.94. The van der Waals surface area contributed by atoms with Crippen molar-refractivity contribution in [3.05, 3.63) is 11.6 Å². The number of nitrogens with two attached hydrogens (primary N) is 1. The van der Waals surface area contributed by atoms with Gasteiger partial charge in [-0.15, -0.1) is 11.3 Å². The van der Waals surface area contributed by atoms with Crippen LogP contribution in [0.25, 0.3) is 4.96 Å². The van der Waals surface area contributed by atoms with Gasteiger partial charge in [0.15, 0.2) is 15.8 Å². The van der Waals surface area contributed by atoms with Crippen LogP contribution in [0.2, 0.25) is 0 Å². The predicted octanol–water partition coefficient (Wildman–Crippen LogP) is 2.18. The van der Waals surface area contributed by atoms with Crippen LogP contribution >= 0.6 is 11.3 Å². The Morgan fingerprint density at radius 2 is 2.14 bits per heavy atom. The molecular formula is C13H20N4O2S2. The fraction of sp³-hybridized carbons (Fsp3) is 0.615. The Bertz CT molecular complexity index is 729. The fourth-order valence-electron chi connectivity index (χ4n) is 3.02. The van der Waals surface area contributed by atoms with Crippen LogP contribution in [0.3, 0.4) is 0 Å². The van der Waals surface area contributed by atoms with E-state index in [0.717, 1.165) is 12.8 Å². The minimum atomic E-state index is -3.61. The molecule has 0 amide bonds. The molecule has 21 heavy (non-hydrogen) atoms. The van der Waals surface area contributed by atoms with Gasteiger partial charge in [-0.25, -0.2) is 13.4 Å². The largest absolute Gasteiger partial charge is 0.381 e. The van der Waals surface area contributed by atoms with E-state index >= 15 is 0 Å². The lowest BCUT2D eigenvalue weighted by Crippen LogP contribution is -2.33. The van der Waals surface area contributed by atoms with E-state index < -0.39 is 10.0 Å². The van der Waals surface area contributed by atoms with Gasteiger partial charge in [0.25, 0.3) is 10.0 Å². The van der Waals surface area contributed by atoms with E-state index in [-0.39, 0.29) is 10.8 Å². The van der Waals surface area contributed by atoms with Crippen molar-refractivity contribution in [2.75, 3.05) is 19.3 Å². The van der Waals surface area contributed by atoms with Crippen molar-refractivity contribution in [3.8, 4) is 0 Å². The number of aromatic nitrogens is 2. The molecule has 0 atom stereocenters. The summed E-state index contributed by atoms with van der Waals surface area (Å²) < 4.78 is 28.6. The summed E-state index contributed by atoms with van der Waals surface area (Å²) in [5.41, 5.74) is 5.82. The molecular weight excluding hydrogens is 308 g/mol. The molecule has 1 saturated carbocycles. The number of hydrogen-bond donors (Lipinski definition) is 1. The lowest BCUT2D eigenvalue weighted by molar-refractivity contribution is 0.299. The van der Waals surface area contributed by atoms with Crippen molar-refractivity contribution >= 4 is 32.1 Å². The van der Waals surface area contributed by atoms with Crippen LogP contribution in [0.15, 0.2) is 16.6 Å². The molecule has 116 valence electrons. The summed E-state index contributed by atoms with van der Waals surface area (Å²) in [6, 6.07) is 0. The zero-order valence-corrected chi connectivity index (χ0v) is 13.7. The molecule has 1 aliphatic carbocycles. The highest BCUT2D eigenvalue weighted by Crippen LogP contribution is 2.29. The van der Waals surface area contributed by atoms with Crippen LogP contribution in [-0.4, -0.2) is 35.7 Å². The van der Waals surface area contributed by atoms with E-state index in [9.17, 15) is 8.42 Å². The maximum atomic E-state index is 12.8. The number of imidazole rings is 1. The van der Waals surface area contributed by atoms with Gasteiger partial charge in [0.2, 0.25) is 0 Å². The molecule has 2 N–H and O–H groups in total. The first-order chi connectivity index (χ1) is 10.00. The average Bonchev–Trinajstić information content (AvgIpc) is 2.99. The summed E-state index contributed by atoms with van der Waals surface area (Å²) in [5.74, 6) is 0.531. The average molecular weight is 328 g/mol. The van der Waals surface area contributed by atoms with Gasteiger partial charge in [-0.05, 0) is 18.8 Å². The number of sulfonamides is 1. The molecule has 0 saturated heterocycles. The molecule has 0 aromatic carbocycles. The van der Waals surface area contributed by atoms with Gasteiger partial charge in [-0.2, -0.15) is 4.31 Å². The molecule has 2 aromatic heterocycles. The van der Waals surface area contributed by atoms with Crippen molar-refractivity contribution in [1.29, 1.82) is 0 Å². The SMILES string of the molecule is CN(CC1CCCCC1)S(=O)(=O)c1c(N)nc2sccn12. The van der Waals surface area contributed by atoms with Crippen LogP contribution in [0, 0.1) is 5.92 Å². The molecule has 0 radical (unpaired) electrons. The van der Waals surface area contributed by atoms with E-state index in [0.29, 0.717) is 17.4 Å². The Morgan fingerprint density at radius 1 is 1.43 bits per heavy atom. The summed E-state index contributed by atoms with van der Waals surface area (Å²) in [6.07, 6.45) is 7.57. The molecule has 0 aliphatic heterocycles. The van der Waals surface area contributed by atoms with Crippen molar-refractivity contribution < 1.29 is 8.42 Å². The number of anilines is 1. The molecule has 8 heteroatoms. The van der Waals surface area contributed by atoms with Gasteiger partial charge in [0.05, 0.1) is 0 Å². The van der Waals surface area contributed by atoms with Crippen LogP contribution in [0.4, 0.5) is 5.82 Å². The van der Waals surface area contributed by atoms with Crippen molar-refractivity contribution in [3.63, 3.8) is 0 Å². The standard InChI is InChI=1S/C13H20N4O2S2/c1-16(9-10-5-3-2-4-6-10)21(18,19)12-11(14)15-13-17(12)7-8-20-13/h7-8,10H,2-6,9,14H2,1H3. The molecule has 6 nitrogen and oxygen atoms in total. The normalized spacial score (nSPS) is 17.8. The molecule has 0 spiro atoms. The third kappa shape index (κ3) is 2.67. The summed E-state index contributed by atoms with van der Waals surface area (Å²) in [6.45, 7) is 0.555. The topological polar surface area (TPSA) is 80.7 Å².